The van der Waals surface area contributed by atoms with Crippen molar-refractivity contribution in [2.24, 2.45) is 5.92 Å². The lowest BCUT2D eigenvalue weighted by molar-refractivity contribution is -0.126. The van der Waals surface area contributed by atoms with Crippen LogP contribution in [-0.4, -0.2) is 44.1 Å². The minimum Gasteiger partial charge on any atom is -0.497 e. The highest BCUT2D eigenvalue weighted by molar-refractivity contribution is 5.79. The van der Waals surface area contributed by atoms with Crippen LogP contribution in [0.2, 0.25) is 0 Å². The maximum atomic E-state index is 12.9. The summed E-state index contributed by atoms with van der Waals surface area (Å²) in [5, 5.41) is 3.18. The number of benzene rings is 2. The van der Waals surface area contributed by atoms with E-state index < -0.39 is 0 Å². The maximum absolute atomic E-state index is 12.9. The van der Waals surface area contributed by atoms with Crippen molar-refractivity contribution in [2.45, 2.75) is 38.5 Å². The monoisotopic (exact) mass is 394 g/mol. The number of rotatable bonds is 9. The zero-order chi connectivity index (χ0) is 20.5. The fraction of sp³-hybridized carbons (Fsp3) is 0.480. The van der Waals surface area contributed by atoms with Gasteiger partial charge in [0.2, 0.25) is 5.91 Å². The molecule has 1 heterocycles. The van der Waals surface area contributed by atoms with Crippen LogP contribution in [0.25, 0.3) is 0 Å². The molecule has 0 aliphatic carbocycles. The van der Waals surface area contributed by atoms with Gasteiger partial charge in [0.25, 0.3) is 0 Å². The summed E-state index contributed by atoms with van der Waals surface area (Å²) in [4.78, 5) is 15.4. The van der Waals surface area contributed by atoms with E-state index in [1.165, 1.54) is 24.0 Å². The normalized spacial score (nSPS) is 19.7. The van der Waals surface area contributed by atoms with Gasteiger partial charge in [0.15, 0.2) is 0 Å². The molecule has 2 atom stereocenters. The first-order chi connectivity index (χ1) is 14.2. The van der Waals surface area contributed by atoms with Gasteiger partial charge in [-0.1, -0.05) is 55.8 Å². The van der Waals surface area contributed by atoms with Crippen LogP contribution in [0.5, 0.6) is 5.75 Å². The van der Waals surface area contributed by atoms with Gasteiger partial charge in [0, 0.05) is 19.6 Å². The van der Waals surface area contributed by atoms with Gasteiger partial charge in [-0.05, 0) is 55.0 Å². The zero-order valence-corrected chi connectivity index (χ0v) is 17.8. The minimum atomic E-state index is 0.0571. The molecule has 1 aliphatic heterocycles. The standard InChI is InChI=1S/C25H34N2O2/c1-3-4-16-27-18-22(21-8-6-5-7-9-21)17-23(19-27)25(28)26-15-14-20-10-12-24(29-2)13-11-20/h5-13,22-23H,3-4,14-19H2,1-2H3,(H,26,28). The predicted octanol–water partition coefficient (Wildman–Crippen LogP) is 4.26. The van der Waals surface area contributed by atoms with E-state index in [9.17, 15) is 4.79 Å². The summed E-state index contributed by atoms with van der Waals surface area (Å²) in [6.45, 7) is 5.90. The Morgan fingerprint density at radius 3 is 2.55 bits per heavy atom. The number of ether oxygens (including phenoxy) is 1. The van der Waals surface area contributed by atoms with Crippen LogP contribution >= 0.6 is 0 Å². The quantitative estimate of drug-likeness (QED) is 0.691. The highest BCUT2D eigenvalue weighted by atomic mass is 16.5. The van der Waals surface area contributed by atoms with Crippen LogP contribution < -0.4 is 10.1 Å². The number of piperidine rings is 1. The van der Waals surface area contributed by atoms with Crippen molar-refractivity contribution in [3.8, 4) is 5.75 Å². The van der Waals surface area contributed by atoms with Crippen LogP contribution in [0.4, 0.5) is 0 Å². The molecule has 1 saturated heterocycles. The Morgan fingerprint density at radius 1 is 1.10 bits per heavy atom. The molecule has 1 aliphatic rings. The molecule has 2 unspecified atom stereocenters. The lowest BCUT2D eigenvalue weighted by atomic mass is 9.84. The second-order valence-electron chi connectivity index (χ2n) is 8.04. The van der Waals surface area contributed by atoms with Crippen molar-refractivity contribution >= 4 is 5.91 Å². The van der Waals surface area contributed by atoms with Gasteiger partial charge in [-0.2, -0.15) is 0 Å². The largest absolute Gasteiger partial charge is 0.497 e. The Morgan fingerprint density at radius 2 is 1.86 bits per heavy atom. The van der Waals surface area contributed by atoms with Crippen LogP contribution in [0.3, 0.4) is 0 Å². The Bertz CT molecular complexity index is 745. The average molecular weight is 395 g/mol. The number of methoxy groups -OCH3 is 1. The Hall–Kier alpha value is -2.33. The van der Waals surface area contributed by atoms with E-state index in [4.69, 9.17) is 4.74 Å². The highest BCUT2D eigenvalue weighted by Gasteiger charge is 2.31. The van der Waals surface area contributed by atoms with Gasteiger partial charge in [-0.25, -0.2) is 0 Å². The first-order valence-corrected chi connectivity index (χ1v) is 10.9. The molecule has 156 valence electrons. The van der Waals surface area contributed by atoms with Crippen LogP contribution in [0.1, 0.15) is 43.2 Å². The molecule has 2 aromatic rings. The van der Waals surface area contributed by atoms with E-state index in [1.54, 1.807) is 7.11 Å². The number of hydrogen-bond acceptors (Lipinski definition) is 3. The molecule has 4 heteroatoms. The molecule has 0 aromatic heterocycles. The summed E-state index contributed by atoms with van der Waals surface area (Å²) in [6.07, 6.45) is 4.14. The van der Waals surface area contributed by atoms with E-state index in [-0.39, 0.29) is 11.8 Å². The fourth-order valence-electron chi connectivity index (χ4n) is 4.18. The van der Waals surface area contributed by atoms with Gasteiger partial charge < -0.3 is 15.0 Å². The summed E-state index contributed by atoms with van der Waals surface area (Å²) in [6, 6.07) is 18.7. The summed E-state index contributed by atoms with van der Waals surface area (Å²) >= 11 is 0. The first kappa shape index (κ1) is 21.4. The van der Waals surface area contributed by atoms with Crippen LogP contribution in [0.15, 0.2) is 54.6 Å². The van der Waals surface area contributed by atoms with Crippen molar-refractivity contribution in [1.29, 1.82) is 0 Å². The van der Waals surface area contributed by atoms with Gasteiger partial charge in [0.05, 0.1) is 13.0 Å². The van der Waals surface area contributed by atoms with Crippen molar-refractivity contribution < 1.29 is 9.53 Å². The van der Waals surface area contributed by atoms with Gasteiger partial charge in [-0.15, -0.1) is 0 Å². The number of hydrogen-bond donors (Lipinski definition) is 1. The van der Waals surface area contributed by atoms with E-state index in [0.717, 1.165) is 38.2 Å². The van der Waals surface area contributed by atoms with Crippen LogP contribution in [0, 0.1) is 5.92 Å². The molecule has 1 N–H and O–H groups in total. The third kappa shape index (κ3) is 6.33. The molecule has 0 spiro atoms. The Labute approximate surface area is 175 Å². The molecular formula is C25H34N2O2. The van der Waals surface area contributed by atoms with Crippen molar-refractivity contribution in [3.05, 3.63) is 65.7 Å². The van der Waals surface area contributed by atoms with E-state index >= 15 is 0 Å². The van der Waals surface area contributed by atoms with Gasteiger partial charge in [-0.3, -0.25) is 4.79 Å². The Balaban J connectivity index is 1.56. The number of likely N-dealkylation sites (tertiary alicyclic amines) is 1. The summed E-state index contributed by atoms with van der Waals surface area (Å²) < 4.78 is 5.20. The second-order valence-corrected chi connectivity index (χ2v) is 8.04. The number of carbonyl (C=O) groups excluding carboxylic acids is 1. The number of nitrogens with zero attached hydrogens (tertiary/aromatic N) is 1. The highest BCUT2D eigenvalue weighted by Crippen LogP contribution is 2.30. The molecule has 0 bridgehead atoms. The second kappa shape index (κ2) is 11.0. The summed E-state index contributed by atoms with van der Waals surface area (Å²) in [5.74, 6) is 1.54. The topological polar surface area (TPSA) is 41.6 Å². The first-order valence-electron chi connectivity index (χ1n) is 10.9. The average Bonchev–Trinajstić information content (AvgIpc) is 2.78. The number of unbranched alkanes of at least 4 members (excludes halogenated alkanes) is 1. The minimum absolute atomic E-state index is 0.0571. The zero-order valence-electron chi connectivity index (χ0n) is 17.8. The molecule has 1 amide bonds. The molecule has 29 heavy (non-hydrogen) atoms. The third-order valence-electron chi connectivity index (χ3n) is 5.87. The molecule has 3 rings (SSSR count). The lowest BCUT2D eigenvalue weighted by Crippen LogP contribution is -2.46. The summed E-state index contributed by atoms with van der Waals surface area (Å²) in [7, 11) is 1.67. The lowest BCUT2D eigenvalue weighted by Gasteiger charge is -2.37. The number of carbonyl (C=O) groups is 1. The molecule has 1 fully saturated rings. The van der Waals surface area contributed by atoms with Gasteiger partial charge in [0.1, 0.15) is 5.75 Å². The van der Waals surface area contributed by atoms with E-state index in [0.29, 0.717) is 12.5 Å². The van der Waals surface area contributed by atoms with Crippen molar-refractivity contribution in [2.75, 3.05) is 33.3 Å². The Kier molecular flexibility index (Phi) is 8.12. The molecule has 0 saturated carbocycles. The van der Waals surface area contributed by atoms with Crippen molar-refractivity contribution in [3.63, 3.8) is 0 Å². The number of amides is 1. The maximum Gasteiger partial charge on any atom is 0.224 e. The van der Waals surface area contributed by atoms with E-state index in [1.807, 2.05) is 12.1 Å². The van der Waals surface area contributed by atoms with Crippen LogP contribution in [-0.2, 0) is 11.2 Å². The smallest absolute Gasteiger partial charge is 0.224 e. The van der Waals surface area contributed by atoms with Crippen molar-refractivity contribution in [1.82, 2.24) is 10.2 Å². The molecule has 4 nitrogen and oxygen atoms in total. The fourth-order valence-corrected chi connectivity index (χ4v) is 4.18. The van der Waals surface area contributed by atoms with Gasteiger partial charge >= 0.3 is 0 Å². The molecule has 2 aromatic carbocycles. The predicted molar refractivity (Wildman–Crippen MR) is 118 cm³/mol. The molecular weight excluding hydrogens is 360 g/mol. The SMILES string of the molecule is CCCCN1CC(C(=O)NCCc2ccc(OC)cc2)CC(c2ccccc2)C1. The summed E-state index contributed by atoms with van der Waals surface area (Å²) in [5.41, 5.74) is 2.56. The number of nitrogens with one attached hydrogen (secondary N) is 1. The third-order valence-corrected chi connectivity index (χ3v) is 5.87. The molecule has 0 radical (unpaired) electrons. The van der Waals surface area contributed by atoms with E-state index in [2.05, 4.69) is 59.6 Å².